The van der Waals surface area contributed by atoms with Gasteiger partial charge in [0.05, 0.1) is 11.4 Å². The molecule has 4 aromatic rings. The first kappa shape index (κ1) is 17.5. The van der Waals surface area contributed by atoms with E-state index in [1.165, 1.54) is 0 Å². The molecule has 0 N–H and O–H groups in total. The highest BCUT2D eigenvalue weighted by molar-refractivity contribution is 5.41. The zero-order valence-corrected chi connectivity index (χ0v) is 15.8. The van der Waals surface area contributed by atoms with Crippen molar-refractivity contribution in [2.45, 2.75) is 6.54 Å². The van der Waals surface area contributed by atoms with Crippen molar-refractivity contribution in [2.24, 2.45) is 0 Å². The first-order valence-corrected chi connectivity index (χ1v) is 9.56. The second kappa shape index (κ2) is 7.44. The van der Waals surface area contributed by atoms with E-state index >= 15 is 0 Å². The van der Waals surface area contributed by atoms with E-state index in [4.69, 9.17) is 0 Å². The summed E-state index contributed by atoms with van der Waals surface area (Å²) in [6.45, 7) is 3.95. The van der Waals surface area contributed by atoms with E-state index in [0.717, 1.165) is 43.5 Å². The molecule has 4 heterocycles. The van der Waals surface area contributed by atoms with Crippen LogP contribution in [0.2, 0.25) is 0 Å². The smallest absolute Gasteiger partial charge is 0.258 e. The van der Waals surface area contributed by atoms with Gasteiger partial charge in [-0.25, -0.2) is 4.98 Å². The van der Waals surface area contributed by atoms with Crippen LogP contribution in [0, 0.1) is 0 Å². The van der Waals surface area contributed by atoms with E-state index in [-0.39, 0.29) is 5.56 Å². The van der Waals surface area contributed by atoms with Gasteiger partial charge in [0.2, 0.25) is 5.95 Å². The average Bonchev–Trinajstić information content (AvgIpc) is 3.25. The molecule has 0 unspecified atom stereocenters. The number of nitrogens with zero attached hydrogens (tertiary/aromatic N) is 8. The van der Waals surface area contributed by atoms with Gasteiger partial charge >= 0.3 is 0 Å². The maximum Gasteiger partial charge on any atom is 0.258 e. The second-order valence-electron chi connectivity index (χ2n) is 7.00. The molecule has 146 valence electrons. The molecule has 0 amide bonds. The summed E-state index contributed by atoms with van der Waals surface area (Å²) in [4.78, 5) is 21.4. The molecule has 0 aliphatic carbocycles. The van der Waals surface area contributed by atoms with Crippen molar-refractivity contribution in [3.8, 4) is 5.69 Å². The first-order chi connectivity index (χ1) is 14.3. The summed E-state index contributed by atoms with van der Waals surface area (Å²) < 4.78 is 3.33. The van der Waals surface area contributed by atoms with Gasteiger partial charge in [0.25, 0.3) is 5.56 Å². The molecule has 0 radical (unpaired) electrons. The number of anilines is 1. The minimum atomic E-state index is -0.0497. The zero-order chi connectivity index (χ0) is 19.6. The van der Waals surface area contributed by atoms with E-state index in [9.17, 15) is 4.79 Å². The molecule has 1 aliphatic heterocycles. The third-order valence-electron chi connectivity index (χ3n) is 5.12. The number of aromatic nitrogens is 6. The van der Waals surface area contributed by atoms with E-state index in [2.05, 4.69) is 30.3 Å². The Hall–Kier alpha value is -3.59. The van der Waals surface area contributed by atoms with Crippen LogP contribution in [0.15, 0.2) is 65.6 Å². The number of pyridine rings is 1. The lowest BCUT2D eigenvalue weighted by Crippen LogP contribution is -2.47. The maximum absolute atomic E-state index is 12.3. The molecule has 5 rings (SSSR count). The van der Waals surface area contributed by atoms with Gasteiger partial charge in [0, 0.05) is 45.0 Å². The Morgan fingerprint density at radius 2 is 1.72 bits per heavy atom. The molecule has 0 bridgehead atoms. The van der Waals surface area contributed by atoms with E-state index in [1.807, 2.05) is 48.5 Å². The number of hydrogen-bond donors (Lipinski definition) is 0. The molecule has 1 aromatic carbocycles. The fourth-order valence-corrected chi connectivity index (χ4v) is 3.63. The molecule has 1 fully saturated rings. The number of hydrogen-bond acceptors (Lipinski definition) is 7. The van der Waals surface area contributed by atoms with Gasteiger partial charge < -0.3 is 4.90 Å². The quantitative estimate of drug-likeness (QED) is 0.515. The fraction of sp³-hybridized carbons (Fsp3) is 0.250. The number of tetrazole rings is 1. The van der Waals surface area contributed by atoms with Crippen LogP contribution in [0.4, 0.5) is 5.95 Å². The molecule has 0 saturated carbocycles. The highest BCUT2D eigenvalue weighted by atomic mass is 16.1. The zero-order valence-electron chi connectivity index (χ0n) is 15.8. The Bertz CT molecular complexity index is 1180. The molecule has 9 nitrogen and oxygen atoms in total. The van der Waals surface area contributed by atoms with Crippen molar-refractivity contribution in [1.82, 2.24) is 34.5 Å². The summed E-state index contributed by atoms with van der Waals surface area (Å²) in [5.41, 5.74) is 2.36. The predicted octanol–water partition coefficient (Wildman–Crippen LogP) is 0.992. The molecule has 0 atom stereocenters. The van der Waals surface area contributed by atoms with Gasteiger partial charge in [-0.2, -0.15) is 4.68 Å². The molecular formula is C20H20N8O. The molecule has 29 heavy (non-hydrogen) atoms. The normalized spacial score (nSPS) is 15.1. The van der Waals surface area contributed by atoms with Crippen LogP contribution in [-0.4, -0.2) is 60.7 Å². The third-order valence-corrected chi connectivity index (χ3v) is 5.12. The number of benzene rings is 1. The highest BCUT2D eigenvalue weighted by Gasteiger charge is 2.22. The molecule has 0 spiro atoms. The Labute approximate surface area is 166 Å². The summed E-state index contributed by atoms with van der Waals surface area (Å²) in [5, 5.41) is 12.2. The lowest BCUT2D eigenvalue weighted by atomic mass is 10.3. The number of rotatable bonds is 4. The van der Waals surface area contributed by atoms with E-state index < -0.39 is 0 Å². The number of piperazine rings is 1. The summed E-state index contributed by atoms with van der Waals surface area (Å²) in [5.74, 6) is 0.748. The van der Waals surface area contributed by atoms with Crippen LogP contribution < -0.4 is 10.5 Å². The number of fused-ring (bicyclic) bond motifs is 1. The van der Waals surface area contributed by atoms with Crippen LogP contribution in [0.25, 0.3) is 11.3 Å². The van der Waals surface area contributed by atoms with Crippen molar-refractivity contribution in [2.75, 3.05) is 31.1 Å². The average molecular weight is 388 g/mol. The summed E-state index contributed by atoms with van der Waals surface area (Å²) >= 11 is 0. The summed E-state index contributed by atoms with van der Waals surface area (Å²) in [7, 11) is 0. The monoisotopic (exact) mass is 388 g/mol. The van der Waals surface area contributed by atoms with Crippen LogP contribution in [0.1, 0.15) is 5.69 Å². The van der Waals surface area contributed by atoms with Gasteiger partial charge in [0.1, 0.15) is 5.65 Å². The minimum absolute atomic E-state index is 0.0497. The van der Waals surface area contributed by atoms with Crippen molar-refractivity contribution in [3.05, 3.63) is 76.8 Å². The van der Waals surface area contributed by atoms with Gasteiger partial charge in [-0.1, -0.05) is 29.4 Å². The lowest BCUT2D eigenvalue weighted by molar-refractivity contribution is 0.245. The van der Waals surface area contributed by atoms with Crippen LogP contribution in [0.5, 0.6) is 0 Å². The first-order valence-electron chi connectivity index (χ1n) is 9.56. The third kappa shape index (κ3) is 3.47. The van der Waals surface area contributed by atoms with Gasteiger partial charge in [-0.3, -0.25) is 14.1 Å². The van der Waals surface area contributed by atoms with Crippen molar-refractivity contribution >= 4 is 11.6 Å². The van der Waals surface area contributed by atoms with Crippen LogP contribution in [-0.2, 0) is 6.54 Å². The van der Waals surface area contributed by atoms with Gasteiger partial charge in [-0.15, -0.1) is 0 Å². The van der Waals surface area contributed by atoms with Crippen molar-refractivity contribution in [3.63, 3.8) is 0 Å². The van der Waals surface area contributed by atoms with Gasteiger partial charge in [-0.05, 0) is 34.7 Å². The van der Waals surface area contributed by atoms with E-state index in [1.54, 1.807) is 21.3 Å². The van der Waals surface area contributed by atoms with Crippen LogP contribution >= 0.6 is 0 Å². The minimum Gasteiger partial charge on any atom is -0.337 e. The Balaban J connectivity index is 1.28. The molecule has 1 saturated heterocycles. The van der Waals surface area contributed by atoms with Gasteiger partial charge in [0.15, 0.2) is 0 Å². The highest BCUT2D eigenvalue weighted by Crippen LogP contribution is 2.17. The molecule has 9 heteroatoms. The molecular weight excluding hydrogens is 368 g/mol. The van der Waals surface area contributed by atoms with Crippen molar-refractivity contribution < 1.29 is 0 Å². The fourth-order valence-electron chi connectivity index (χ4n) is 3.63. The van der Waals surface area contributed by atoms with Crippen LogP contribution in [0.3, 0.4) is 0 Å². The summed E-state index contributed by atoms with van der Waals surface area (Å²) in [6, 6.07) is 17.1. The predicted molar refractivity (Wildman–Crippen MR) is 108 cm³/mol. The summed E-state index contributed by atoms with van der Waals surface area (Å²) in [6.07, 6.45) is 1.74. The standard InChI is InChI=1S/C20H20N8O/c29-19-14-16(21-18-8-4-5-9-27(18)19)15-25-10-12-26(13-11-25)20-22-23-24-28(20)17-6-2-1-3-7-17/h1-9,14H,10-13,15H2. The molecule has 3 aromatic heterocycles. The molecule has 1 aliphatic rings. The Kier molecular flexibility index (Phi) is 4.49. The number of para-hydroxylation sites is 1. The maximum atomic E-state index is 12.3. The SMILES string of the molecule is O=c1cc(CN2CCN(c3nnnn3-c3ccccc3)CC2)nc2ccccn12. The van der Waals surface area contributed by atoms with Crippen molar-refractivity contribution in [1.29, 1.82) is 0 Å². The second-order valence-corrected chi connectivity index (χ2v) is 7.00. The van der Waals surface area contributed by atoms with E-state index in [0.29, 0.717) is 12.2 Å². The topological polar surface area (TPSA) is 84.5 Å². The largest absolute Gasteiger partial charge is 0.337 e. The Morgan fingerprint density at radius 3 is 2.55 bits per heavy atom. The lowest BCUT2D eigenvalue weighted by Gasteiger charge is -2.34. The Morgan fingerprint density at radius 1 is 0.931 bits per heavy atom.